The minimum atomic E-state index is 0.446. The Balaban J connectivity index is 1.79. The van der Waals surface area contributed by atoms with Crippen molar-refractivity contribution in [1.29, 1.82) is 0 Å². The highest BCUT2D eigenvalue weighted by Crippen LogP contribution is 2.18. The number of rotatable bonds is 3. The van der Waals surface area contributed by atoms with Crippen LogP contribution in [0.25, 0.3) is 11.2 Å². The van der Waals surface area contributed by atoms with Gasteiger partial charge in [0.25, 0.3) is 0 Å². The molecule has 94 valence electrons. The Morgan fingerprint density at radius 3 is 2.79 bits per heavy atom. The smallest absolute Gasteiger partial charge is 0.205 e. The fourth-order valence-corrected chi connectivity index (χ4v) is 1.59. The summed E-state index contributed by atoms with van der Waals surface area (Å²) in [7, 11) is 0. The van der Waals surface area contributed by atoms with Crippen LogP contribution in [0.5, 0.6) is 0 Å². The lowest BCUT2D eigenvalue weighted by atomic mass is 10.2. The van der Waals surface area contributed by atoms with Gasteiger partial charge in [0.2, 0.25) is 5.82 Å². The monoisotopic (exact) mass is 253 g/mol. The fraction of sp³-hybridized carbons (Fsp3) is 0.0833. The lowest BCUT2D eigenvalue weighted by Gasteiger charge is -1.98. The molecule has 0 aliphatic rings. The number of nitrogens with zero attached hydrogens (tertiary/aromatic N) is 5. The number of aromatic nitrogens is 4. The molecular formula is C12H11N7. The Kier molecular flexibility index (Phi) is 2.85. The van der Waals surface area contributed by atoms with Crippen LogP contribution in [0.15, 0.2) is 47.3 Å². The molecule has 0 amide bonds. The van der Waals surface area contributed by atoms with Gasteiger partial charge in [-0.3, -0.25) is 5.43 Å². The average molecular weight is 253 g/mol. The highest BCUT2D eigenvalue weighted by molar-refractivity contribution is 5.79. The van der Waals surface area contributed by atoms with Crippen LogP contribution in [0.2, 0.25) is 0 Å². The molecule has 3 aromatic rings. The molecule has 2 heterocycles. The molecule has 2 N–H and O–H groups in total. The summed E-state index contributed by atoms with van der Waals surface area (Å²) in [6.07, 6.45) is 2.95. The van der Waals surface area contributed by atoms with E-state index in [-0.39, 0.29) is 0 Å². The van der Waals surface area contributed by atoms with Gasteiger partial charge in [-0.1, -0.05) is 22.9 Å². The van der Waals surface area contributed by atoms with Crippen molar-refractivity contribution < 1.29 is 0 Å². The topological polar surface area (TPSA) is 91.2 Å². The van der Waals surface area contributed by atoms with Crippen molar-refractivity contribution >= 4 is 22.7 Å². The summed E-state index contributed by atoms with van der Waals surface area (Å²) in [5.74, 6) is 0.446. The molecule has 0 spiro atoms. The van der Waals surface area contributed by atoms with E-state index >= 15 is 0 Å². The number of hydrogen-bond donors (Lipinski definition) is 2. The first kappa shape index (κ1) is 11.3. The molecule has 0 radical (unpaired) electrons. The van der Waals surface area contributed by atoms with Gasteiger partial charge in [-0.05, 0) is 19.1 Å². The maximum absolute atomic E-state index is 4.04. The lowest BCUT2D eigenvalue weighted by Crippen LogP contribution is -1.87. The van der Waals surface area contributed by atoms with E-state index in [0.717, 1.165) is 5.69 Å². The van der Waals surface area contributed by atoms with Crippen molar-refractivity contribution in [3.8, 4) is 0 Å². The van der Waals surface area contributed by atoms with Crippen molar-refractivity contribution in [2.75, 3.05) is 5.43 Å². The number of H-pyrrole nitrogens is 1. The molecule has 0 saturated heterocycles. The van der Waals surface area contributed by atoms with E-state index in [1.54, 1.807) is 6.33 Å². The lowest BCUT2D eigenvalue weighted by molar-refractivity contribution is 1.08. The third kappa shape index (κ3) is 2.39. The molecular weight excluding hydrogens is 242 g/mol. The number of aryl methyl sites for hydroxylation is 1. The Morgan fingerprint density at radius 1 is 1.11 bits per heavy atom. The van der Waals surface area contributed by atoms with Crippen LogP contribution in [0, 0.1) is 6.92 Å². The fourth-order valence-electron chi connectivity index (χ4n) is 1.59. The zero-order valence-electron chi connectivity index (χ0n) is 10.2. The van der Waals surface area contributed by atoms with Crippen molar-refractivity contribution in [2.45, 2.75) is 6.92 Å². The van der Waals surface area contributed by atoms with E-state index in [4.69, 9.17) is 0 Å². The van der Waals surface area contributed by atoms with Crippen molar-refractivity contribution in [1.82, 2.24) is 19.9 Å². The molecule has 2 aromatic heterocycles. The number of aromatic amines is 1. The second-order valence-electron chi connectivity index (χ2n) is 3.98. The van der Waals surface area contributed by atoms with Crippen LogP contribution >= 0.6 is 0 Å². The largest absolute Gasteiger partial charge is 0.340 e. The summed E-state index contributed by atoms with van der Waals surface area (Å²) < 4.78 is 0. The van der Waals surface area contributed by atoms with E-state index in [1.807, 2.05) is 31.2 Å². The molecule has 0 bridgehead atoms. The molecule has 1 aromatic carbocycles. The van der Waals surface area contributed by atoms with Gasteiger partial charge in [-0.15, -0.1) is 5.11 Å². The molecule has 7 nitrogen and oxygen atoms in total. The second-order valence-corrected chi connectivity index (χ2v) is 3.98. The predicted octanol–water partition coefficient (Wildman–Crippen LogP) is 2.77. The van der Waals surface area contributed by atoms with Crippen LogP contribution in [0.4, 0.5) is 11.5 Å². The van der Waals surface area contributed by atoms with Crippen LogP contribution in [-0.4, -0.2) is 19.9 Å². The first-order valence-corrected chi connectivity index (χ1v) is 5.70. The number of fused-ring (bicyclic) bond motifs is 1. The van der Waals surface area contributed by atoms with Crippen LogP contribution < -0.4 is 5.43 Å². The minimum Gasteiger partial charge on any atom is -0.340 e. The summed E-state index contributed by atoms with van der Waals surface area (Å²) in [4.78, 5) is 15.0. The Labute approximate surface area is 108 Å². The third-order valence-corrected chi connectivity index (χ3v) is 2.58. The van der Waals surface area contributed by atoms with Gasteiger partial charge in [-0.25, -0.2) is 15.0 Å². The van der Waals surface area contributed by atoms with Crippen molar-refractivity contribution in [3.05, 3.63) is 42.5 Å². The zero-order valence-corrected chi connectivity index (χ0v) is 10.2. The van der Waals surface area contributed by atoms with Crippen LogP contribution in [-0.2, 0) is 0 Å². The normalized spacial score (nSPS) is 11.2. The van der Waals surface area contributed by atoms with Crippen LogP contribution in [0.3, 0.4) is 0 Å². The summed E-state index contributed by atoms with van der Waals surface area (Å²) in [5, 5.41) is 7.92. The molecule has 7 heteroatoms. The highest BCUT2D eigenvalue weighted by Gasteiger charge is 2.03. The van der Waals surface area contributed by atoms with Crippen molar-refractivity contribution in [2.24, 2.45) is 10.3 Å². The molecule has 0 fully saturated rings. The summed E-state index contributed by atoms with van der Waals surface area (Å²) >= 11 is 0. The van der Waals surface area contributed by atoms with Gasteiger partial charge < -0.3 is 4.98 Å². The maximum atomic E-state index is 4.04. The quantitative estimate of drug-likeness (QED) is 0.554. The highest BCUT2D eigenvalue weighted by atomic mass is 15.4. The summed E-state index contributed by atoms with van der Waals surface area (Å²) in [6.45, 7) is 2.03. The van der Waals surface area contributed by atoms with Gasteiger partial charge in [0.05, 0.1) is 12.0 Å². The average Bonchev–Trinajstić information content (AvgIpc) is 2.90. The SMILES string of the molecule is Cc1ccc(NN=Nc2ncnc3nc[nH]c23)cc1. The third-order valence-electron chi connectivity index (χ3n) is 2.58. The first-order chi connectivity index (χ1) is 9.33. The van der Waals surface area contributed by atoms with E-state index in [1.165, 1.54) is 11.9 Å². The maximum Gasteiger partial charge on any atom is 0.205 e. The van der Waals surface area contributed by atoms with Gasteiger partial charge >= 0.3 is 0 Å². The van der Waals surface area contributed by atoms with Gasteiger partial charge in [0, 0.05) is 0 Å². The Hall–Kier alpha value is -2.83. The van der Waals surface area contributed by atoms with Gasteiger partial charge in [-0.2, -0.15) is 0 Å². The number of nitrogens with one attached hydrogen (secondary N) is 2. The number of imidazole rings is 1. The van der Waals surface area contributed by atoms with E-state index in [9.17, 15) is 0 Å². The molecule has 0 saturated carbocycles. The Bertz CT molecular complexity index is 714. The minimum absolute atomic E-state index is 0.446. The molecule has 19 heavy (non-hydrogen) atoms. The first-order valence-electron chi connectivity index (χ1n) is 5.70. The van der Waals surface area contributed by atoms with E-state index in [0.29, 0.717) is 17.0 Å². The van der Waals surface area contributed by atoms with Crippen molar-refractivity contribution in [3.63, 3.8) is 0 Å². The Morgan fingerprint density at radius 2 is 1.95 bits per heavy atom. The summed E-state index contributed by atoms with van der Waals surface area (Å²) in [6, 6.07) is 7.85. The molecule has 0 atom stereocenters. The number of benzene rings is 1. The molecule has 0 unspecified atom stereocenters. The van der Waals surface area contributed by atoms with Gasteiger partial charge in [0.1, 0.15) is 11.8 Å². The second kappa shape index (κ2) is 4.81. The van der Waals surface area contributed by atoms with E-state index < -0.39 is 0 Å². The summed E-state index contributed by atoms with van der Waals surface area (Å²) in [5.41, 5.74) is 6.13. The number of anilines is 1. The van der Waals surface area contributed by atoms with Crippen LogP contribution in [0.1, 0.15) is 5.56 Å². The molecule has 3 rings (SSSR count). The number of hydrogen-bond acceptors (Lipinski definition) is 5. The predicted molar refractivity (Wildman–Crippen MR) is 71.0 cm³/mol. The zero-order chi connectivity index (χ0) is 13.1. The van der Waals surface area contributed by atoms with Gasteiger partial charge in [0.15, 0.2) is 5.65 Å². The molecule has 0 aliphatic heterocycles. The standard InChI is InChI=1S/C12H11N7/c1-8-2-4-9(5-3-8)17-19-18-12-10-11(14-6-13-10)15-7-16-12/h2-7H,1H3,(H2,13,14,15,16,17,18). The van der Waals surface area contributed by atoms with E-state index in [2.05, 4.69) is 35.7 Å². The molecule has 0 aliphatic carbocycles.